The Hall–Kier alpha value is -2.03. The summed E-state index contributed by atoms with van der Waals surface area (Å²) in [6.07, 6.45) is 3.01. The van der Waals surface area contributed by atoms with Crippen molar-refractivity contribution in [1.29, 1.82) is 0 Å². The first-order valence-electron chi connectivity index (χ1n) is 5.37. The van der Waals surface area contributed by atoms with Crippen molar-refractivity contribution in [3.63, 3.8) is 0 Å². The van der Waals surface area contributed by atoms with Crippen LogP contribution in [0.5, 0.6) is 5.75 Å². The second-order valence-electron chi connectivity index (χ2n) is 3.64. The minimum Gasteiger partial charge on any atom is -0.490 e. The van der Waals surface area contributed by atoms with Crippen LogP contribution in [0.25, 0.3) is 0 Å². The molecule has 0 radical (unpaired) electrons. The molecule has 0 spiro atoms. The number of amides is 1. The minimum atomic E-state index is -0.0861. The van der Waals surface area contributed by atoms with Gasteiger partial charge in [-0.1, -0.05) is 31.4 Å². The molecule has 0 aliphatic heterocycles. The zero-order chi connectivity index (χ0) is 12.7. The summed E-state index contributed by atoms with van der Waals surface area (Å²) in [7, 11) is 1.74. The smallest absolute Gasteiger partial charge is 0.245 e. The van der Waals surface area contributed by atoms with Gasteiger partial charge in [-0.15, -0.1) is 0 Å². The van der Waals surface area contributed by atoms with E-state index in [0.717, 1.165) is 11.3 Å². The van der Waals surface area contributed by atoms with Crippen LogP contribution < -0.4 is 4.74 Å². The summed E-state index contributed by atoms with van der Waals surface area (Å²) < 4.78 is 5.37. The highest BCUT2D eigenvalue weighted by atomic mass is 16.5. The molecular weight excluding hydrogens is 214 g/mol. The quantitative estimate of drug-likeness (QED) is 0.555. The highest BCUT2D eigenvalue weighted by molar-refractivity contribution is 5.86. The Kier molecular flexibility index (Phi) is 5.01. The van der Waals surface area contributed by atoms with Crippen molar-refractivity contribution in [2.45, 2.75) is 6.54 Å². The molecule has 17 heavy (non-hydrogen) atoms. The summed E-state index contributed by atoms with van der Waals surface area (Å²) in [5.41, 5.74) is 1.05. The van der Waals surface area contributed by atoms with E-state index in [-0.39, 0.29) is 5.91 Å². The van der Waals surface area contributed by atoms with Gasteiger partial charge in [-0.05, 0) is 23.8 Å². The van der Waals surface area contributed by atoms with E-state index in [2.05, 4.69) is 13.2 Å². The van der Waals surface area contributed by atoms with Crippen molar-refractivity contribution >= 4 is 5.91 Å². The van der Waals surface area contributed by atoms with Crippen molar-refractivity contribution in [1.82, 2.24) is 4.90 Å². The normalized spacial score (nSPS) is 9.47. The molecule has 1 aromatic rings. The van der Waals surface area contributed by atoms with Gasteiger partial charge in [0.05, 0.1) is 0 Å². The molecule has 0 atom stereocenters. The molecule has 0 aliphatic rings. The van der Waals surface area contributed by atoms with Crippen molar-refractivity contribution < 1.29 is 9.53 Å². The second kappa shape index (κ2) is 6.53. The van der Waals surface area contributed by atoms with E-state index < -0.39 is 0 Å². The molecule has 1 amide bonds. The molecule has 0 aliphatic carbocycles. The summed E-state index contributed by atoms with van der Waals surface area (Å²) in [5.74, 6) is 0.711. The number of hydrogen-bond donors (Lipinski definition) is 0. The molecule has 0 unspecified atom stereocenters. The zero-order valence-electron chi connectivity index (χ0n) is 10.1. The first-order valence-corrected chi connectivity index (χ1v) is 5.37. The summed E-state index contributed by atoms with van der Waals surface area (Å²) in [6.45, 7) is 8.09. The number of likely N-dealkylation sites (N-methyl/N-ethyl adjacent to an activating group) is 1. The highest BCUT2D eigenvalue weighted by Gasteiger charge is 2.04. The fraction of sp³-hybridized carbons (Fsp3) is 0.214. The van der Waals surface area contributed by atoms with Crippen LogP contribution in [-0.2, 0) is 11.3 Å². The van der Waals surface area contributed by atoms with Crippen LogP contribution in [0.1, 0.15) is 5.56 Å². The maximum absolute atomic E-state index is 11.3. The van der Waals surface area contributed by atoms with Gasteiger partial charge in [0, 0.05) is 13.6 Å². The van der Waals surface area contributed by atoms with Crippen LogP contribution in [0.4, 0.5) is 0 Å². The molecule has 0 N–H and O–H groups in total. The van der Waals surface area contributed by atoms with E-state index in [9.17, 15) is 4.79 Å². The zero-order valence-corrected chi connectivity index (χ0v) is 10.1. The van der Waals surface area contributed by atoms with Crippen LogP contribution >= 0.6 is 0 Å². The summed E-state index contributed by atoms with van der Waals surface area (Å²) in [6, 6.07) is 7.63. The Labute approximate surface area is 102 Å². The number of carbonyl (C=O) groups is 1. The van der Waals surface area contributed by atoms with Crippen molar-refractivity contribution in [2.75, 3.05) is 13.7 Å². The molecule has 0 fully saturated rings. The lowest BCUT2D eigenvalue weighted by atomic mass is 10.2. The fourth-order valence-electron chi connectivity index (χ4n) is 1.35. The van der Waals surface area contributed by atoms with E-state index >= 15 is 0 Å². The molecule has 90 valence electrons. The van der Waals surface area contributed by atoms with Gasteiger partial charge in [0.1, 0.15) is 12.4 Å². The molecule has 0 bridgehead atoms. The third kappa shape index (κ3) is 4.15. The van der Waals surface area contributed by atoms with Crippen LogP contribution in [0.2, 0.25) is 0 Å². The Morgan fingerprint density at radius 2 is 2.00 bits per heavy atom. The summed E-state index contributed by atoms with van der Waals surface area (Å²) in [5, 5.41) is 0. The van der Waals surface area contributed by atoms with Crippen LogP contribution in [0.3, 0.4) is 0 Å². The average Bonchev–Trinajstić information content (AvgIpc) is 2.37. The molecule has 0 heterocycles. The van der Waals surface area contributed by atoms with Crippen molar-refractivity contribution in [2.24, 2.45) is 0 Å². The lowest BCUT2D eigenvalue weighted by molar-refractivity contribution is -0.125. The van der Waals surface area contributed by atoms with Gasteiger partial charge >= 0.3 is 0 Å². The Bertz CT molecular complexity index is 395. The van der Waals surface area contributed by atoms with Crippen LogP contribution in [0.15, 0.2) is 49.6 Å². The lowest BCUT2D eigenvalue weighted by Crippen LogP contribution is -2.23. The molecule has 1 aromatic carbocycles. The minimum absolute atomic E-state index is 0.0861. The van der Waals surface area contributed by atoms with Crippen LogP contribution in [0, 0.1) is 0 Å². The molecule has 0 saturated carbocycles. The van der Waals surface area contributed by atoms with E-state index in [0.29, 0.717) is 13.2 Å². The van der Waals surface area contributed by atoms with E-state index in [1.807, 2.05) is 24.3 Å². The van der Waals surface area contributed by atoms with Gasteiger partial charge in [-0.3, -0.25) is 4.79 Å². The number of ether oxygens (including phenoxy) is 1. The predicted octanol–water partition coefficient (Wildman–Crippen LogP) is 2.40. The largest absolute Gasteiger partial charge is 0.490 e. The van der Waals surface area contributed by atoms with Crippen molar-refractivity contribution in [3.05, 3.63) is 55.1 Å². The predicted molar refractivity (Wildman–Crippen MR) is 68.8 cm³/mol. The van der Waals surface area contributed by atoms with Gasteiger partial charge in [0.15, 0.2) is 0 Å². The topological polar surface area (TPSA) is 29.5 Å². The summed E-state index contributed by atoms with van der Waals surface area (Å²) in [4.78, 5) is 12.9. The SMILES string of the molecule is C=CCOc1ccc(CN(C)C(=O)C=C)cc1. The molecule has 1 rings (SSSR count). The summed E-state index contributed by atoms with van der Waals surface area (Å²) >= 11 is 0. The first-order chi connectivity index (χ1) is 8.17. The number of rotatable bonds is 6. The second-order valence-corrected chi connectivity index (χ2v) is 3.64. The first kappa shape index (κ1) is 13.0. The highest BCUT2D eigenvalue weighted by Crippen LogP contribution is 2.13. The van der Waals surface area contributed by atoms with E-state index in [4.69, 9.17) is 4.74 Å². The van der Waals surface area contributed by atoms with Gasteiger partial charge in [0.2, 0.25) is 5.91 Å². The van der Waals surface area contributed by atoms with E-state index in [1.54, 1.807) is 18.0 Å². The third-order valence-corrected chi connectivity index (χ3v) is 2.26. The number of carbonyl (C=O) groups excluding carboxylic acids is 1. The molecule has 3 nitrogen and oxygen atoms in total. The maximum Gasteiger partial charge on any atom is 0.245 e. The van der Waals surface area contributed by atoms with Crippen LogP contribution in [-0.4, -0.2) is 24.5 Å². The molecule has 0 saturated heterocycles. The lowest BCUT2D eigenvalue weighted by Gasteiger charge is -2.15. The standard InChI is InChI=1S/C14H17NO2/c1-4-10-17-13-8-6-12(7-9-13)11-15(3)14(16)5-2/h4-9H,1-2,10-11H2,3H3. The van der Waals surface area contributed by atoms with E-state index in [1.165, 1.54) is 6.08 Å². The Morgan fingerprint density at radius 3 is 2.53 bits per heavy atom. The van der Waals surface area contributed by atoms with Crippen molar-refractivity contribution in [3.8, 4) is 5.75 Å². The number of benzene rings is 1. The molecular formula is C14H17NO2. The fourth-order valence-corrected chi connectivity index (χ4v) is 1.35. The Morgan fingerprint density at radius 1 is 1.35 bits per heavy atom. The monoisotopic (exact) mass is 231 g/mol. The van der Waals surface area contributed by atoms with Gasteiger partial charge in [-0.25, -0.2) is 0 Å². The molecule has 3 heteroatoms. The third-order valence-electron chi connectivity index (χ3n) is 2.26. The molecule has 0 aromatic heterocycles. The Balaban J connectivity index is 2.58. The average molecular weight is 231 g/mol. The van der Waals surface area contributed by atoms with Gasteiger partial charge in [-0.2, -0.15) is 0 Å². The van der Waals surface area contributed by atoms with Gasteiger partial charge in [0.25, 0.3) is 0 Å². The number of nitrogens with zero attached hydrogens (tertiary/aromatic N) is 1. The van der Waals surface area contributed by atoms with Gasteiger partial charge < -0.3 is 9.64 Å². The maximum atomic E-state index is 11.3. The number of hydrogen-bond acceptors (Lipinski definition) is 2.